The Morgan fingerprint density at radius 3 is 2.45 bits per heavy atom. The Balaban J connectivity index is 3.15. The summed E-state index contributed by atoms with van der Waals surface area (Å²) in [5.41, 5.74) is 5.91. The van der Waals surface area contributed by atoms with E-state index >= 15 is 0 Å². The zero-order valence-corrected chi connectivity index (χ0v) is 8.79. The molecule has 0 spiro atoms. The molecular weight excluding hydrogens is 154 g/mol. The van der Waals surface area contributed by atoms with E-state index in [-0.39, 0.29) is 0 Å². The van der Waals surface area contributed by atoms with Crippen LogP contribution in [0.3, 0.4) is 0 Å². The van der Waals surface area contributed by atoms with Gasteiger partial charge < -0.3 is 5.73 Å². The third-order valence-corrected chi connectivity index (χ3v) is 2.39. The molecule has 0 aromatic heterocycles. The van der Waals surface area contributed by atoms with E-state index in [1.165, 1.54) is 25.0 Å². The van der Waals surface area contributed by atoms with Gasteiger partial charge in [0.05, 0.1) is 0 Å². The molecule has 2 heteroatoms. The fraction of sp³-hybridized carbons (Fsp3) is 1.00. The average Bonchev–Trinajstić information content (AvgIpc) is 1.86. The molecule has 0 aliphatic rings. The van der Waals surface area contributed by atoms with E-state index in [1.54, 1.807) is 0 Å². The molecule has 1 nitrogen and oxygen atoms in total. The molecule has 0 amide bonds. The summed E-state index contributed by atoms with van der Waals surface area (Å²) in [5, 5.41) is 0. The van der Waals surface area contributed by atoms with Gasteiger partial charge in [0.2, 0.25) is 0 Å². The highest BCUT2D eigenvalue weighted by atomic mass is 32.2. The summed E-state index contributed by atoms with van der Waals surface area (Å²) >= 11 is 1.91. The monoisotopic (exact) mass is 175 g/mol. The Labute approximate surface area is 75.1 Å². The molecule has 2 N–H and O–H groups in total. The van der Waals surface area contributed by atoms with Crippen molar-refractivity contribution in [1.82, 2.24) is 0 Å². The lowest BCUT2D eigenvalue weighted by Gasteiger charge is -2.12. The molecule has 0 aromatic carbocycles. The Morgan fingerprint density at radius 1 is 1.36 bits per heavy atom. The third-order valence-electron chi connectivity index (χ3n) is 1.70. The summed E-state index contributed by atoms with van der Waals surface area (Å²) in [5.74, 6) is 2.01. The van der Waals surface area contributed by atoms with Crippen molar-refractivity contribution in [3.05, 3.63) is 0 Å². The van der Waals surface area contributed by atoms with Crippen LogP contribution in [0.2, 0.25) is 0 Å². The highest BCUT2D eigenvalue weighted by molar-refractivity contribution is 7.98. The first-order chi connectivity index (χ1) is 5.16. The van der Waals surface area contributed by atoms with Gasteiger partial charge in [-0.05, 0) is 37.2 Å². The molecule has 1 unspecified atom stereocenters. The van der Waals surface area contributed by atoms with Gasteiger partial charge >= 0.3 is 0 Å². The smallest absolute Gasteiger partial charge is 0.00415 e. The first-order valence-electron chi connectivity index (χ1n) is 4.41. The van der Waals surface area contributed by atoms with Crippen molar-refractivity contribution in [1.29, 1.82) is 0 Å². The summed E-state index contributed by atoms with van der Waals surface area (Å²) in [4.78, 5) is 0. The Hall–Kier alpha value is 0.310. The molecule has 0 fully saturated rings. The fourth-order valence-corrected chi connectivity index (χ4v) is 1.67. The second-order valence-electron chi connectivity index (χ2n) is 3.52. The van der Waals surface area contributed by atoms with Gasteiger partial charge in [-0.3, -0.25) is 0 Å². The van der Waals surface area contributed by atoms with Crippen molar-refractivity contribution >= 4 is 11.8 Å². The minimum atomic E-state index is 0.433. The quantitative estimate of drug-likeness (QED) is 0.628. The minimum Gasteiger partial charge on any atom is -0.328 e. The van der Waals surface area contributed by atoms with Crippen LogP contribution in [0.4, 0.5) is 0 Å². The van der Waals surface area contributed by atoms with Gasteiger partial charge in [0.1, 0.15) is 0 Å². The lowest BCUT2D eigenvalue weighted by molar-refractivity contribution is 0.471. The maximum atomic E-state index is 5.91. The largest absolute Gasteiger partial charge is 0.328 e. The van der Waals surface area contributed by atoms with Crippen molar-refractivity contribution in [2.45, 2.75) is 39.2 Å². The van der Waals surface area contributed by atoms with E-state index < -0.39 is 0 Å². The lowest BCUT2D eigenvalue weighted by atomic mass is 10.0. The lowest BCUT2D eigenvalue weighted by Crippen LogP contribution is -2.21. The van der Waals surface area contributed by atoms with Crippen LogP contribution in [0.25, 0.3) is 0 Å². The van der Waals surface area contributed by atoms with E-state index in [1.807, 2.05) is 11.8 Å². The Kier molecular flexibility index (Phi) is 7.18. The minimum absolute atomic E-state index is 0.433. The second kappa shape index (κ2) is 6.99. The topological polar surface area (TPSA) is 26.0 Å². The van der Waals surface area contributed by atoms with Crippen molar-refractivity contribution < 1.29 is 0 Å². The summed E-state index contributed by atoms with van der Waals surface area (Å²) in [6.45, 7) is 4.46. The molecule has 0 bridgehead atoms. The molecule has 0 aliphatic carbocycles. The summed E-state index contributed by atoms with van der Waals surface area (Å²) < 4.78 is 0. The molecule has 0 radical (unpaired) electrons. The van der Waals surface area contributed by atoms with Crippen LogP contribution in [-0.4, -0.2) is 18.1 Å². The van der Waals surface area contributed by atoms with E-state index in [0.717, 1.165) is 5.92 Å². The number of hydrogen-bond acceptors (Lipinski definition) is 2. The summed E-state index contributed by atoms with van der Waals surface area (Å²) in [6, 6.07) is 0.433. The SMILES string of the molecule is CSCCCC(N)CC(C)C. The van der Waals surface area contributed by atoms with Crippen LogP contribution in [0.5, 0.6) is 0 Å². The van der Waals surface area contributed by atoms with Crippen molar-refractivity contribution in [3.63, 3.8) is 0 Å². The normalized spacial score (nSPS) is 13.9. The molecule has 68 valence electrons. The van der Waals surface area contributed by atoms with Crippen molar-refractivity contribution in [2.75, 3.05) is 12.0 Å². The second-order valence-corrected chi connectivity index (χ2v) is 4.51. The van der Waals surface area contributed by atoms with Crippen LogP contribution in [0.15, 0.2) is 0 Å². The molecular formula is C9H21NS. The predicted molar refractivity (Wildman–Crippen MR) is 55.0 cm³/mol. The van der Waals surface area contributed by atoms with E-state index in [0.29, 0.717) is 6.04 Å². The average molecular weight is 175 g/mol. The zero-order valence-electron chi connectivity index (χ0n) is 7.97. The third kappa shape index (κ3) is 8.21. The molecule has 0 aliphatic heterocycles. The maximum absolute atomic E-state index is 5.91. The fourth-order valence-electron chi connectivity index (χ4n) is 1.21. The van der Waals surface area contributed by atoms with Gasteiger partial charge in [-0.2, -0.15) is 11.8 Å². The molecule has 0 saturated heterocycles. The molecule has 11 heavy (non-hydrogen) atoms. The van der Waals surface area contributed by atoms with Gasteiger partial charge in [0.25, 0.3) is 0 Å². The standard InChI is InChI=1S/C9H21NS/c1-8(2)7-9(10)5-4-6-11-3/h8-9H,4-7,10H2,1-3H3. The number of rotatable bonds is 6. The highest BCUT2D eigenvalue weighted by Gasteiger charge is 2.03. The predicted octanol–water partition coefficient (Wildman–Crippen LogP) is 2.50. The van der Waals surface area contributed by atoms with Crippen LogP contribution in [0, 0.1) is 5.92 Å². The zero-order chi connectivity index (χ0) is 8.69. The number of hydrogen-bond donors (Lipinski definition) is 1. The van der Waals surface area contributed by atoms with Crippen molar-refractivity contribution in [3.8, 4) is 0 Å². The number of nitrogens with two attached hydrogens (primary N) is 1. The maximum Gasteiger partial charge on any atom is 0.00415 e. The first kappa shape index (κ1) is 11.3. The van der Waals surface area contributed by atoms with Gasteiger partial charge in [0, 0.05) is 6.04 Å². The first-order valence-corrected chi connectivity index (χ1v) is 5.80. The Bertz CT molecular complexity index is 83.6. The van der Waals surface area contributed by atoms with E-state index in [4.69, 9.17) is 5.73 Å². The molecule has 0 heterocycles. The van der Waals surface area contributed by atoms with E-state index in [2.05, 4.69) is 20.1 Å². The van der Waals surface area contributed by atoms with Crippen LogP contribution < -0.4 is 5.73 Å². The molecule has 0 aromatic rings. The van der Waals surface area contributed by atoms with Crippen LogP contribution in [0.1, 0.15) is 33.1 Å². The van der Waals surface area contributed by atoms with Gasteiger partial charge in [-0.1, -0.05) is 13.8 Å². The molecule has 0 rings (SSSR count). The van der Waals surface area contributed by atoms with Gasteiger partial charge in [0.15, 0.2) is 0 Å². The highest BCUT2D eigenvalue weighted by Crippen LogP contribution is 2.09. The number of thioether (sulfide) groups is 1. The summed E-state index contributed by atoms with van der Waals surface area (Å²) in [7, 11) is 0. The van der Waals surface area contributed by atoms with E-state index in [9.17, 15) is 0 Å². The summed E-state index contributed by atoms with van der Waals surface area (Å²) in [6.07, 6.45) is 5.79. The van der Waals surface area contributed by atoms with Gasteiger partial charge in [-0.15, -0.1) is 0 Å². The van der Waals surface area contributed by atoms with Crippen LogP contribution >= 0.6 is 11.8 Å². The molecule has 1 atom stereocenters. The van der Waals surface area contributed by atoms with Gasteiger partial charge in [-0.25, -0.2) is 0 Å². The van der Waals surface area contributed by atoms with Crippen molar-refractivity contribution in [2.24, 2.45) is 11.7 Å². The molecule has 0 saturated carbocycles. The Morgan fingerprint density at radius 2 is 2.00 bits per heavy atom. The van der Waals surface area contributed by atoms with Crippen LogP contribution in [-0.2, 0) is 0 Å².